The van der Waals surface area contributed by atoms with E-state index in [2.05, 4.69) is 5.32 Å². The number of aliphatic hydroxyl groups is 1. The molecule has 0 spiro atoms. The molecule has 0 aromatic heterocycles. The summed E-state index contributed by atoms with van der Waals surface area (Å²) < 4.78 is 0. The van der Waals surface area contributed by atoms with Crippen molar-refractivity contribution in [3.63, 3.8) is 0 Å². The number of rotatable bonds is 6. The molecular formula is C13H20N2O2. The van der Waals surface area contributed by atoms with Crippen LogP contribution in [0.4, 0.5) is 0 Å². The van der Waals surface area contributed by atoms with Crippen molar-refractivity contribution in [2.45, 2.75) is 39.0 Å². The van der Waals surface area contributed by atoms with Crippen molar-refractivity contribution in [2.24, 2.45) is 5.73 Å². The number of carbonyl (C=O) groups is 1. The first-order valence-electron chi connectivity index (χ1n) is 5.89. The Labute approximate surface area is 102 Å². The van der Waals surface area contributed by atoms with Gasteiger partial charge in [0.1, 0.15) is 0 Å². The van der Waals surface area contributed by atoms with Gasteiger partial charge in [0.15, 0.2) is 0 Å². The molecule has 17 heavy (non-hydrogen) atoms. The topological polar surface area (TPSA) is 75.4 Å². The Kier molecular flexibility index (Phi) is 5.66. The van der Waals surface area contributed by atoms with Gasteiger partial charge in [-0.1, -0.05) is 37.6 Å². The van der Waals surface area contributed by atoms with Gasteiger partial charge in [-0.2, -0.15) is 0 Å². The van der Waals surface area contributed by atoms with Crippen LogP contribution in [0.5, 0.6) is 0 Å². The summed E-state index contributed by atoms with van der Waals surface area (Å²) in [6.45, 7) is 2.46. The van der Waals surface area contributed by atoms with E-state index in [1.165, 1.54) is 0 Å². The van der Waals surface area contributed by atoms with Crippen LogP contribution in [-0.4, -0.2) is 17.1 Å². The predicted octanol–water partition coefficient (Wildman–Crippen LogP) is 0.922. The second-order valence-electron chi connectivity index (χ2n) is 4.09. The summed E-state index contributed by atoms with van der Waals surface area (Å²) in [7, 11) is 0. The number of nitrogens with two attached hydrogens (primary N) is 1. The van der Waals surface area contributed by atoms with Crippen LogP contribution in [-0.2, 0) is 17.9 Å². The van der Waals surface area contributed by atoms with Crippen LogP contribution in [0.3, 0.4) is 0 Å². The zero-order valence-corrected chi connectivity index (χ0v) is 10.1. The highest BCUT2D eigenvalue weighted by Crippen LogP contribution is 2.05. The molecule has 4 heteroatoms. The third-order valence-corrected chi connectivity index (χ3v) is 2.58. The summed E-state index contributed by atoms with van der Waals surface area (Å²) in [5.41, 5.74) is 7.50. The lowest BCUT2D eigenvalue weighted by Crippen LogP contribution is -2.40. The zero-order valence-electron chi connectivity index (χ0n) is 10.1. The molecular weight excluding hydrogens is 216 g/mol. The average molecular weight is 236 g/mol. The molecule has 0 aliphatic heterocycles. The van der Waals surface area contributed by atoms with Gasteiger partial charge >= 0.3 is 0 Å². The van der Waals surface area contributed by atoms with E-state index in [4.69, 9.17) is 10.8 Å². The van der Waals surface area contributed by atoms with Gasteiger partial charge in [0.05, 0.1) is 12.6 Å². The van der Waals surface area contributed by atoms with Gasteiger partial charge in [-0.05, 0) is 17.5 Å². The second kappa shape index (κ2) is 7.04. The zero-order chi connectivity index (χ0) is 12.7. The number of benzene rings is 1. The fourth-order valence-corrected chi connectivity index (χ4v) is 1.60. The lowest BCUT2D eigenvalue weighted by atomic mass is 10.1. The maximum atomic E-state index is 11.6. The van der Waals surface area contributed by atoms with E-state index in [1.54, 1.807) is 0 Å². The SMILES string of the molecule is CCC[C@H](N)C(=O)NCc1cccc(CO)c1. The molecule has 1 amide bonds. The van der Waals surface area contributed by atoms with Gasteiger partial charge < -0.3 is 16.2 Å². The molecule has 0 heterocycles. The van der Waals surface area contributed by atoms with Crippen LogP contribution in [0.2, 0.25) is 0 Å². The monoisotopic (exact) mass is 236 g/mol. The third kappa shape index (κ3) is 4.54. The second-order valence-corrected chi connectivity index (χ2v) is 4.09. The lowest BCUT2D eigenvalue weighted by molar-refractivity contribution is -0.122. The van der Waals surface area contributed by atoms with Gasteiger partial charge in [-0.3, -0.25) is 4.79 Å². The number of carbonyl (C=O) groups excluding carboxylic acids is 1. The Morgan fingerprint density at radius 3 is 2.82 bits per heavy atom. The van der Waals surface area contributed by atoms with Crippen LogP contribution < -0.4 is 11.1 Å². The standard InChI is InChI=1S/C13H20N2O2/c1-2-4-12(14)13(17)15-8-10-5-3-6-11(7-10)9-16/h3,5-7,12,16H,2,4,8-9,14H2,1H3,(H,15,17)/t12-/m0/s1. The van der Waals surface area contributed by atoms with E-state index in [1.807, 2.05) is 31.2 Å². The molecule has 0 bridgehead atoms. The first kappa shape index (κ1) is 13.7. The Bertz CT molecular complexity index is 366. The number of hydrogen-bond donors (Lipinski definition) is 3. The minimum atomic E-state index is -0.430. The molecule has 4 N–H and O–H groups in total. The highest BCUT2D eigenvalue weighted by atomic mass is 16.3. The van der Waals surface area contributed by atoms with Crippen molar-refractivity contribution < 1.29 is 9.90 Å². The Morgan fingerprint density at radius 1 is 1.47 bits per heavy atom. The maximum absolute atomic E-state index is 11.6. The first-order chi connectivity index (χ1) is 8.17. The number of amides is 1. The smallest absolute Gasteiger partial charge is 0.237 e. The minimum Gasteiger partial charge on any atom is -0.392 e. The highest BCUT2D eigenvalue weighted by Gasteiger charge is 2.11. The summed E-state index contributed by atoms with van der Waals surface area (Å²) >= 11 is 0. The van der Waals surface area contributed by atoms with Gasteiger partial charge in [-0.25, -0.2) is 0 Å². The van der Waals surface area contributed by atoms with Crippen molar-refractivity contribution >= 4 is 5.91 Å². The van der Waals surface area contributed by atoms with Crippen molar-refractivity contribution in [2.75, 3.05) is 0 Å². The van der Waals surface area contributed by atoms with E-state index >= 15 is 0 Å². The van der Waals surface area contributed by atoms with E-state index in [0.29, 0.717) is 13.0 Å². The van der Waals surface area contributed by atoms with E-state index in [0.717, 1.165) is 17.5 Å². The van der Waals surface area contributed by atoms with Crippen LogP contribution >= 0.6 is 0 Å². The Balaban J connectivity index is 2.46. The maximum Gasteiger partial charge on any atom is 0.237 e. The van der Waals surface area contributed by atoms with Gasteiger partial charge in [0.2, 0.25) is 5.91 Å². The Morgan fingerprint density at radius 2 is 2.18 bits per heavy atom. The molecule has 1 aromatic rings. The van der Waals surface area contributed by atoms with Crippen molar-refractivity contribution in [3.8, 4) is 0 Å². The van der Waals surface area contributed by atoms with E-state index in [-0.39, 0.29) is 12.5 Å². The van der Waals surface area contributed by atoms with Crippen LogP contribution in [0.25, 0.3) is 0 Å². The molecule has 0 saturated heterocycles. The lowest BCUT2D eigenvalue weighted by Gasteiger charge is -2.11. The molecule has 0 aliphatic rings. The molecule has 1 rings (SSSR count). The van der Waals surface area contributed by atoms with Crippen LogP contribution in [0, 0.1) is 0 Å². The molecule has 0 radical (unpaired) electrons. The average Bonchev–Trinajstić information content (AvgIpc) is 2.36. The molecule has 0 fully saturated rings. The van der Waals surface area contributed by atoms with E-state index < -0.39 is 6.04 Å². The third-order valence-electron chi connectivity index (χ3n) is 2.58. The fourth-order valence-electron chi connectivity index (χ4n) is 1.60. The van der Waals surface area contributed by atoms with E-state index in [9.17, 15) is 4.79 Å². The predicted molar refractivity (Wildman–Crippen MR) is 67.1 cm³/mol. The van der Waals surface area contributed by atoms with Crippen molar-refractivity contribution in [1.82, 2.24) is 5.32 Å². The number of nitrogens with one attached hydrogen (secondary N) is 1. The van der Waals surface area contributed by atoms with Gasteiger partial charge in [-0.15, -0.1) is 0 Å². The van der Waals surface area contributed by atoms with Crippen LogP contribution in [0.1, 0.15) is 30.9 Å². The van der Waals surface area contributed by atoms with Gasteiger partial charge in [0, 0.05) is 6.54 Å². The molecule has 1 atom stereocenters. The normalized spacial score (nSPS) is 12.2. The van der Waals surface area contributed by atoms with Gasteiger partial charge in [0.25, 0.3) is 0 Å². The molecule has 0 aliphatic carbocycles. The van der Waals surface area contributed by atoms with Crippen molar-refractivity contribution in [1.29, 1.82) is 0 Å². The molecule has 0 saturated carbocycles. The largest absolute Gasteiger partial charge is 0.392 e. The minimum absolute atomic E-state index is 0.0110. The van der Waals surface area contributed by atoms with Crippen LogP contribution in [0.15, 0.2) is 24.3 Å². The summed E-state index contributed by atoms with van der Waals surface area (Å²) in [5, 5.41) is 11.8. The molecule has 1 aromatic carbocycles. The Hall–Kier alpha value is -1.39. The fraction of sp³-hybridized carbons (Fsp3) is 0.462. The molecule has 0 unspecified atom stereocenters. The molecule has 94 valence electrons. The van der Waals surface area contributed by atoms with Crippen molar-refractivity contribution in [3.05, 3.63) is 35.4 Å². The first-order valence-corrected chi connectivity index (χ1v) is 5.89. The number of aliphatic hydroxyl groups excluding tert-OH is 1. The summed E-state index contributed by atoms with van der Waals surface area (Å²) in [6.07, 6.45) is 1.59. The molecule has 4 nitrogen and oxygen atoms in total. The highest BCUT2D eigenvalue weighted by molar-refractivity contribution is 5.81. The summed E-state index contributed by atoms with van der Waals surface area (Å²) in [6, 6.07) is 7.05. The number of hydrogen-bond acceptors (Lipinski definition) is 3. The summed E-state index contributed by atoms with van der Waals surface area (Å²) in [5.74, 6) is -0.124. The summed E-state index contributed by atoms with van der Waals surface area (Å²) in [4.78, 5) is 11.6. The quantitative estimate of drug-likeness (QED) is 0.687.